The fourth-order valence-electron chi connectivity index (χ4n) is 1.20. The van der Waals surface area contributed by atoms with Gasteiger partial charge in [-0.15, -0.1) is 0 Å². The van der Waals surface area contributed by atoms with Crippen molar-refractivity contribution in [2.75, 3.05) is 6.61 Å². The van der Waals surface area contributed by atoms with Crippen LogP contribution in [0.25, 0.3) is 0 Å². The Morgan fingerprint density at radius 3 is 2.50 bits per heavy atom. The standard InChI is InChI=1S/C13H10F2O3/c1-3-18-13(17)5-4-9-6-10(8(2)16)12(15)7-11(9)14/h6-7H,3H2,1-2H3. The highest BCUT2D eigenvalue weighted by atomic mass is 19.1. The number of ether oxygens (including phenoxy) is 1. The fourth-order valence-corrected chi connectivity index (χ4v) is 1.20. The summed E-state index contributed by atoms with van der Waals surface area (Å²) in [4.78, 5) is 22.0. The molecule has 0 aliphatic carbocycles. The predicted octanol–water partition coefficient (Wildman–Crippen LogP) is 2.08. The van der Waals surface area contributed by atoms with E-state index in [1.807, 2.05) is 5.92 Å². The van der Waals surface area contributed by atoms with E-state index in [9.17, 15) is 18.4 Å². The number of carbonyl (C=O) groups is 2. The van der Waals surface area contributed by atoms with E-state index in [2.05, 4.69) is 10.7 Å². The topological polar surface area (TPSA) is 43.4 Å². The van der Waals surface area contributed by atoms with Gasteiger partial charge in [-0.1, -0.05) is 5.92 Å². The summed E-state index contributed by atoms with van der Waals surface area (Å²) in [6.07, 6.45) is 0. The van der Waals surface area contributed by atoms with Crippen molar-refractivity contribution in [2.24, 2.45) is 0 Å². The van der Waals surface area contributed by atoms with E-state index in [0.29, 0.717) is 6.07 Å². The summed E-state index contributed by atoms with van der Waals surface area (Å²) in [6, 6.07) is 1.53. The highest BCUT2D eigenvalue weighted by Gasteiger charge is 2.12. The van der Waals surface area contributed by atoms with E-state index >= 15 is 0 Å². The maximum absolute atomic E-state index is 13.3. The van der Waals surface area contributed by atoms with Crippen molar-refractivity contribution in [3.63, 3.8) is 0 Å². The van der Waals surface area contributed by atoms with Crippen LogP contribution in [0.3, 0.4) is 0 Å². The second-order valence-corrected chi connectivity index (χ2v) is 3.34. The molecular weight excluding hydrogens is 242 g/mol. The van der Waals surface area contributed by atoms with Gasteiger partial charge in [0.05, 0.1) is 17.7 Å². The van der Waals surface area contributed by atoms with Crippen LogP contribution in [-0.4, -0.2) is 18.4 Å². The van der Waals surface area contributed by atoms with Gasteiger partial charge in [0.25, 0.3) is 0 Å². The Hall–Kier alpha value is -2.22. The third kappa shape index (κ3) is 3.39. The number of hydrogen-bond acceptors (Lipinski definition) is 3. The number of esters is 1. The maximum Gasteiger partial charge on any atom is 0.384 e. The van der Waals surface area contributed by atoms with E-state index in [-0.39, 0.29) is 17.7 Å². The van der Waals surface area contributed by atoms with Crippen molar-refractivity contribution < 1.29 is 23.1 Å². The molecule has 0 aromatic heterocycles. The molecule has 3 nitrogen and oxygen atoms in total. The first-order valence-corrected chi connectivity index (χ1v) is 5.14. The van der Waals surface area contributed by atoms with Crippen LogP contribution in [0.15, 0.2) is 12.1 Å². The molecule has 5 heteroatoms. The Morgan fingerprint density at radius 1 is 1.28 bits per heavy atom. The molecule has 94 valence electrons. The zero-order chi connectivity index (χ0) is 13.7. The highest BCUT2D eigenvalue weighted by Crippen LogP contribution is 2.14. The molecule has 18 heavy (non-hydrogen) atoms. The lowest BCUT2D eigenvalue weighted by Crippen LogP contribution is -2.02. The highest BCUT2D eigenvalue weighted by molar-refractivity contribution is 5.95. The second-order valence-electron chi connectivity index (χ2n) is 3.34. The van der Waals surface area contributed by atoms with Gasteiger partial charge >= 0.3 is 5.97 Å². The molecule has 0 heterocycles. The smallest absolute Gasteiger partial charge is 0.384 e. The quantitative estimate of drug-likeness (QED) is 0.460. The molecule has 0 saturated carbocycles. The van der Waals surface area contributed by atoms with Crippen LogP contribution in [-0.2, 0) is 9.53 Å². The van der Waals surface area contributed by atoms with Crippen molar-refractivity contribution in [3.8, 4) is 11.8 Å². The minimum atomic E-state index is -0.957. The van der Waals surface area contributed by atoms with E-state index in [0.717, 1.165) is 13.0 Å². The van der Waals surface area contributed by atoms with Crippen molar-refractivity contribution in [3.05, 3.63) is 34.9 Å². The average molecular weight is 252 g/mol. The van der Waals surface area contributed by atoms with Crippen LogP contribution in [0, 0.1) is 23.5 Å². The summed E-state index contributed by atoms with van der Waals surface area (Å²) in [5.74, 6) is 0.987. The Morgan fingerprint density at radius 2 is 1.94 bits per heavy atom. The molecule has 0 N–H and O–H groups in total. The lowest BCUT2D eigenvalue weighted by Gasteiger charge is -2.00. The Labute approximate surface area is 103 Å². The fraction of sp³-hybridized carbons (Fsp3) is 0.231. The number of carbonyl (C=O) groups excluding carboxylic acids is 2. The van der Waals surface area contributed by atoms with Crippen LogP contribution in [0.4, 0.5) is 8.78 Å². The van der Waals surface area contributed by atoms with Gasteiger partial charge in [-0.25, -0.2) is 13.6 Å². The molecule has 0 saturated heterocycles. The minimum Gasteiger partial charge on any atom is -0.456 e. The van der Waals surface area contributed by atoms with Gasteiger partial charge in [0.15, 0.2) is 5.78 Å². The third-order valence-corrected chi connectivity index (χ3v) is 2.01. The number of halogens is 2. The summed E-state index contributed by atoms with van der Waals surface area (Å²) in [7, 11) is 0. The average Bonchev–Trinajstić information content (AvgIpc) is 2.27. The first-order chi connectivity index (χ1) is 8.45. The summed E-state index contributed by atoms with van der Waals surface area (Å²) >= 11 is 0. The van der Waals surface area contributed by atoms with Gasteiger partial charge in [-0.05, 0) is 19.9 Å². The van der Waals surface area contributed by atoms with Crippen LogP contribution in [0.1, 0.15) is 29.8 Å². The molecule has 0 aliphatic heterocycles. The van der Waals surface area contributed by atoms with Crippen molar-refractivity contribution in [1.29, 1.82) is 0 Å². The monoisotopic (exact) mass is 252 g/mol. The van der Waals surface area contributed by atoms with Crippen LogP contribution in [0.2, 0.25) is 0 Å². The molecule has 0 amide bonds. The lowest BCUT2D eigenvalue weighted by atomic mass is 10.1. The number of benzene rings is 1. The van der Waals surface area contributed by atoms with Crippen LogP contribution in [0.5, 0.6) is 0 Å². The number of hydrogen-bond donors (Lipinski definition) is 0. The molecule has 0 bridgehead atoms. The second kappa shape index (κ2) is 5.92. The molecule has 1 rings (SSSR count). The van der Waals surface area contributed by atoms with Crippen molar-refractivity contribution in [1.82, 2.24) is 0 Å². The largest absolute Gasteiger partial charge is 0.456 e. The molecule has 0 unspecified atom stereocenters. The van der Waals surface area contributed by atoms with Gasteiger partial charge in [0.2, 0.25) is 0 Å². The van der Waals surface area contributed by atoms with E-state index in [4.69, 9.17) is 0 Å². The Bertz CT molecular complexity index is 553. The first kappa shape index (κ1) is 13.8. The molecule has 0 radical (unpaired) electrons. The third-order valence-electron chi connectivity index (χ3n) is 2.01. The van der Waals surface area contributed by atoms with E-state index < -0.39 is 23.4 Å². The molecule has 0 spiro atoms. The number of Topliss-reactive ketones (excluding diaryl/α,β-unsaturated/α-hetero) is 1. The molecule has 0 aliphatic rings. The van der Waals surface area contributed by atoms with Crippen molar-refractivity contribution in [2.45, 2.75) is 13.8 Å². The van der Waals surface area contributed by atoms with E-state index in [1.165, 1.54) is 0 Å². The Balaban J connectivity index is 3.13. The van der Waals surface area contributed by atoms with Crippen molar-refractivity contribution >= 4 is 11.8 Å². The van der Waals surface area contributed by atoms with Crippen LogP contribution >= 0.6 is 0 Å². The molecule has 1 aromatic rings. The molecule has 0 atom stereocenters. The molecule has 0 fully saturated rings. The normalized spacial score (nSPS) is 9.33. The number of rotatable bonds is 2. The summed E-state index contributed by atoms with van der Waals surface area (Å²) in [5.41, 5.74) is -0.501. The van der Waals surface area contributed by atoms with Gasteiger partial charge in [-0.3, -0.25) is 4.79 Å². The Kier molecular flexibility index (Phi) is 4.55. The summed E-state index contributed by atoms with van der Waals surface area (Å²) in [6.45, 7) is 2.91. The SMILES string of the molecule is CCOC(=O)C#Cc1cc(C(C)=O)c(F)cc1F. The van der Waals surface area contributed by atoms with Gasteiger partial charge in [0, 0.05) is 12.0 Å². The minimum absolute atomic E-state index is 0.151. The van der Waals surface area contributed by atoms with E-state index in [1.54, 1.807) is 6.92 Å². The first-order valence-electron chi connectivity index (χ1n) is 5.14. The maximum atomic E-state index is 13.3. The zero-order valence-corrected chi connectivity index (χ0v) is 9.84. The summed E-state index contributed by atoms with van der Waals surface area (Å²) in [5, 5.41) is 0. The zero-order valence-electron chi connectivity index (χ0n) is 9.84. The predicted molar refractivity (Wildman–Crippen MR) is 59.9 cm³/mol. The van der Waals surface area contributed by atoms with Gasteiger partial charge < -0.3 is 4.74 Å². The number of ketones is 1. The van der Waals surface area contributed by atoms with Gasteiger partial charge in [0.1, 0.15) is 11.6 Å². The van der Waals surface area contributed by atoms with Crippen LogP contribution < -0.4 is 0 Å². The summed E-state index contributed by atoms with van der Waals surface area (Å²) < 4.78 is 31.1. The van der Waals surface area contributed by atoms with Gasteiger partial charge in [-0.2, -0.15) is 0 Å². The molecular formula is C13H10F2O3. The molecule has 1 aromatic carbocycles. The lowest BCUT2D eigenvalue weighted by molar-refractivity contribution is -0.136.